The molecule has 0 heterocycles. The van der Waals surface area contributed by atoms with Crippen molar-refractivity contribution in [1.82, 2.24) is 5.32 Å². The second-order valence-corrected chi connectivity index (χ2v) is 30.1. The topological polar surface area (TPSA) is 87.6 Å². The molecule has 4 atom stereocenters. The number of rotatable bonds is 15. The zero-order valence-corrected chi connectivity index (χ0v) is 27.5. The molecule has 1 amide bonds. The van der Waals surface area contributed by atoms with Crippen LogP contribution < -0.4 is 5.32 Å². The first-order chi connectivity index (χ1) is 14.6. The van der Waals surface area contributed by atoms with Gasteiger partial charge in [-0.2, -0.15) is 0 Å². The van der Waals surface area contributed by atoms with E-state index in [1.54, 1.807) is 6.21 Å². The van der Waals surface area contributed by atoms with Gasteiger partial charge in [0.1, 0.15) is 7.11 Å². The molecule has 0 spiro atoms. The highest BCUT2D eigenvalue weighted by Crippen LogP contribution is 2.26. The van der Waals surface area contributed by atoms with E-state index in [1.807, 2.05) is 0 Å². The third kappa shape index (κ3) is 16.8. The molecule has 196 valence electrons. The second kappa shape index (κ2) is 13.1. The Hall–Kier alpha value is -0.352. The monoisotopic (exact) mass is 538 g/mol. The first-order valence-electron chi connectivity index (χ1n) is 11.6. The van der Waals surface area contributed by atoms with Crippen LogP contribution in [0.3, 0.4) is 0 Å². The number of carbonyl (C=O) groups is 1. The molecule has 0 rings (SSSR count). The van der Waals surface area contributed by atoms with E-state index in [0.29, 0.717) is 6.61 Å². The highest BCUT2D eigenvalue weighted by molar-refractivity contribution is 6.71. The van der Waals surface area contributed by atoms with Crippen LogP contribution in [0, 0.1) is 0 Å². The molecule has 12 heteroatoms. The molecule has 0 saturated heterocycles. The maximum Gasteiger partial charge on any atom is 0.217 e. The van der Waals surface area contributed by atoms with Crippen molar-refractivity contribution < 1.29 is 27.3 Å². The van der Waals surface area contributed by atoms with Crippen molar-refractivity contribution in [2.24, 2.45) is 5.16 Å². The summed E-state index contributed by atoms with van der Waals surface area (Å²) in [6.07, 6.45) is 0.269. The summed E-state index contributed by atoms with van der Waals surface area (Å²) in [6.45, 7) is 27.7. The number of oxime groups is 1. The molecule has 8 nitrogen and oxygen atoms in total. The largest absolute Gasteiger partial charge is 0.415 e. The Labute approximate surface area is 206 Å². The lowest BCUT2D eigenvalue weighted by Crippen LogP contribution is -2.61. The minimum atomic E-state index is -2.07. The second-order valence-electron chi connectivity index (χ2n) is 12.2. The Balaban J connectivity index is 6.64. The predicted molar refractivity (Wildman–Crippen MR) is 147 cm³/mol. The van der Waals surface area contributed by atoms with Crippen molar-refractivity contribution in [1.29, 1.82) is 0 Å². The highest BCUT2D eigenvalue weighted by atomic mass is 28.4. The summed E-state index contributed by atoms with van der Waals surface area (Å²) >= 11 is 0. The molecule has 33 heavy (non-hydrogen) atoms. The molecule has 0 radical (unpaired) electrons. The van der Waals surface area contributed by atoms with Crippen LogP contribution in [0.15, 0.2) is 5.16 Å². The molecule has 0 aliphatic carbocycles. The number of hydrogen-bond donors (Lipinski definition) is 1. The summed E-state index contributed by atoms with van der Waals surface area (Å²) in [7, 11) is -6.43. The van der Waals surface area contributed by atoms with Crippen LogP contribution in [0.2, 0.25) is 78.6 Å². The van der Waals surface area contributed by atoms with Gasteiger partial charge >= 0.3 is 0 Å². The molecule has 0 aliphatic rings. The van der Waals surface area contributed by atoms with Gasteiger partial charge in [-0.25, -0.2) is 0 Å². The van der Waals surface area contributed by atoms with Crippen molar-refractivity contribution >= 4 is 45.4 Å². The Morgan fingerprint density at radius 3 is 1.61 bits per heavy atom. The highest BCUT2D eigenvalue weighted by Gasteiger charge is 2.43. The molecule has 0 saturated carbocycles. The fourth-order valence-electron chi connectivity index (χ4n) is 3.06. The van der Waals surface area contributed by atoms with E-state index in [1.165, 1.54) is 14.0 Å². The van der Waals surface area contributed by atoms with Crippen molar-refractivity contribution in [3.05, 3.63) is 0 Å². The molecule has 0 aliphatic heterocycles. The van der Waals surface area contributed by atoms with Crippen LogP contribution in [-0.4, -0.2) is 83.5 Å². The zero-order chi connectivity index (χ0) is 26.3. The maximum atomic E-state index is 12.1. The fourth-order valence-corrected chi connectivity index (χ4v) is 7.04. The Kier molecular flexibility index (Phi) is 13.0. The van der Waals surface area contributed by atoms with Gasteiger partial charge < -0.3 is 27.9 Å². The summed E-state index contributed by atoms with van der Waals surface area (Å²) in [5, 5.41) is 6.95. The summed E-state index contributed by atoms with van der Waals surface area (Å²) in [6, 6.07) is -0.546. The van der Waals surface area contributed by atoms with Crippen LogP contribution >= 0.6 is 0 Å². The van der Waals surface area contributed by atoms with Crippen LogP contribution in [0.5, 0.6) is 0 Å². The van der Waals surface area contributed by atoms with E-state index in [9.17, 15) is 4.79 Å². The third-order valence-electron chi connectivity index (χ3n) is 3.91. The van der Waals surface area contributed by atoms with Crippen LogP contribution in [0.4, 0.5) is 0 Å². The number of nitrogens with one attached hydrogen (secondary N) is 1. The SMILES string of the molecule is CON=CC(NC(C)=O)C(O[Si](C)(C)C)C(O[Si](C)(C)C)C(CO[Si](C)(C)C)O[Si](C)(C)C. The normalized spacial score (nSPS) is 17.5. The van der Waals surface area contributed by atoms with E-state index in [0.717, 1.165) is 0 Å². The van der Waals surface area contributed by atoms with Gasteiger partial charge in [0.05, 0.1) is 37.2 Å². The standard InChI is InChI=1S/C21H50N2O6Si4/c1-17(24)23-18(15-22-25-2)20(28-32(9,10)11)21(29-33(12,13)14)19(27-31(6,7)8)16-26-30(3,4)5/h15,18-21H,16H2,1-14H3,(H,23,24). The molecule has 1 N–H and O–H groups in total. The van der Waals surface area contributed by atoms with Gasteiger partial charge in [0.15, 0.2) is 33.3 Å². The lowest BCUT2D eigenvalue weighted by molar-refractivity contribution is -0.120. The first-order valence-corrected chi connectivity index (χ1v) is 25.3. The van der Waals surface area contributed by atoms with Crippen molar-refractivity contribution in [3.63, 3.8) is 0 Å². The number of carbonyl (C=O) groups excluding carboxylic acids is 1. The van der Waals surface area contributed by atoms with Crippen molar-refractivity contribution in [3.8, 4) is 0 Å². The third-order valence-corrected chi connectivity index (χ3v) is 7.91. The molecular formula is C21H50N2O6Si4. The Morgan fingerprint density at radius 1 is 0.788 bits per heavy atom. The van der Waals surface area contributed by atoms with Gasteiger partial charge in [0.25, 0.3) is 0 Å². The maximum absolute atomic E-state index is 12.1. The van der Waals surface area contributed by atoms with Crippen molar-refractivity contribution in [2.45, 2.75) is 110 Å². The van der Waals surface area contributed by atoms with Gasteiger partial charge in [-0.1, -0.05) is 5.16 Å². The molecular weight excluding hydrogens is 489 g/mol. The Morgan fingerprint density at radius 2 is 1.24 bits per heavy atom. The van der Waals surface area contributed by atoms with Crippen LogP contribution in [0.1, 0.15) is 6.92 Å². The number of nitrogens with zero attached hydrogens (tertiary/aromatic N) is 1. The lowest BCUT2D eigenvalue weighted by atomic mass is 10.0. The average Bonchev–Trinajstić information content (AvgIpc) is 2.55. The number of hydrogen-bond acceptors (Lipinski definition) is 7. The molecule has 0 bridgehead atoms. The van der Waals surface area contributed by atoms with Gasteiger partial charge in [-0.05, 0) is 78.6 Å². The smallest absolute Gasteiger partial charge is 0.217 e. The van der Waals surface area contributed by atoms with Gasteiger partial charge in [-0.3, -0.25) is 4.79 Å². The molecule has 0 aromatic carbocycles. The summed E-state index contributed by atoms with van der Waals surface area (Å²) in [5.74, 6) is -0.181. The molecule has 0 aromatic heterocycles. The Bertz CT molecular complexity index is 624. The van der Waals surface area contributed by atoms with Gasteiger partial charge in [-0.15, -0.1) is 0 Å². The van der Waals surface area contributed by atoms with E-state index < -0.39 is 51.5 Å². The summed E-state index contributed by atoms with van der Waals surface area (Å²) in [5.41, 5.74) is 0. The van der Waals surface area contributed by atoms with Gasteiger partial charge in [0, 0.05) is 6.92 Å². The lowest BCUT2D eigenvalue weighted by Gasteiger charge is -2.44. The zero-order valence-electron chi connectivity index (χ0n) is 23.5. The van der Waals surface area contributed by atoms with E-state index in [4.69, 9.17) is 22.5 Å². The fraction of sp³-hybridized carbons (Fsp3) is 0.905. The minimum Gasteiger partial charge on any atom is -0.415 e. The molecule has 0 fully saturated rings. The summed E-state index contributed by atoms with van der Waals surface area (Å²) in [4.78, 5) is 17.1. The van der Waals surface area contributed by atoms with Crippen LogP contribution in [0.25, 0.3) is 0 Å². The van der Waals surface area contributed by atoms with E-state index >= 15 is 0 Å². The first kappa shape index (κ1) is 32.6. The van der Waals surface area contributed by atoms with Gasteiger partial charge in [0.2, 0.25) is 5.91 Å². The quantitative estimate of drug-likeness (QED) is 0.186. The predicted octanol–water partition coefficient (Wildman–Crippen LogP) is 4.64. The minimum absolute atomic E-state index is 0.181. The average molecular weight is 539 g/mol. The summed E-state index contributed by atoms with van der Waals surface area (Å²) < 4.78 is 26.5. The van der Waals surface area contributed by atoms with E-state index in [2.05, 4.69) is 89.0 Å². The number of amides is 1. The molecule has 0 aromatic rings. The van der Waals surface area contributed by atoms with Crippen LogP contribution in [-0.2, 0) is 27.3 Å². The van der Waals surface area contributed by atoms with E-state index in [-0.39, 0.29) is 12.0 Å². The molecule has 4 unspecified atom stereocenters. The van der Waals surface area contributed by atoms with Crippen molar-refractivity contribution in [2.75, 3.05) is 13.7 Å².